The third-order valence-electron chi connectivity index (χ3n) is 4.46. The number of carbonyl (C=O) groups excluding carboxylic acids is 1. The van der Waals surface area contributed by atoms with E-state index in [1.807, 2.05) is 0 Å². The molecule has 8 nitrogen and oxygen atoms in total. The zero-order valence-corrected chi connectivity index (χ0v) is 16.9. The van der Waals surface area contributed by atoms with E-state index in [0.717, 1.165) is 18.2 Å². The van der Waals surface area contributed by atoms with Gasteiger partial charge in [0.05, 0.1) is 11.4 Å². The lowest BCUT2D eigenvalue weighted by molar-refractivity contribution is -0.391. The molecule has 1 aromatic heterocycles. The standard InChI is InChI=1S/C21H10F6N4O4/c22-14-8-18(33-13-3-4-29-11(5-13)9-28)15(23)7-16(14)30-31(10-32)12-1-2-17-19(6-12)35-21(26,27)20(24,25)34-17/h1-8,10,30H. The molecule has 14 heteroatoms. The topological polar surface area (TPSA) is 96.7 Å². The molecule has 1 aliphatic rings. The van der Waals surface area contributed by atoms with Crippen molar-refractivity contribution in [2.75, 3.05) is 10.4 Å². The molecule has 0 saturated heterocycles. The number of benzene rings is 2. The zero-order chi connectivity index (χ0) is 25.4. The number of nitrogens with one attached hydrogen (secondary N) is 1. The number of rotatable bonds is 6. The first-order valence-corrected chi connectivity index (χ1v) is 9.35. The average Bonchev–Trinajstić information content (AvgIpc) is 2.80. The lowest BCUT2D eigenvalue weighted by atomic mass is 10.2. The number of pyridine rings is 1. The van der Waals surface area contributed by atoms with Gasteiger partial charge >= 0.3 is 12.2 Å². The second kappa shape index (κ2) is 8.60. The molecule has 0 unspecified atom stereocenters. The van der Waals surface area contributed by atoms with Crippen LogP contribution < -0.4 is 24.6 Å². The summed E-state index contributed by atoms with van der Waals surface area (Å²) in [4.78, 5) is 15.2. The molecule has 4 rings (SSSR count). The van der Waals surface area contributed by atoms with Crippen molar-refractivity contribution in [1.82, 2.24) is 4.98 Å². The van der Waals surface area contributed by atoms with Gasteiger partial charge in [-0.15, -0.1) is 0 Å². The lowest BCUT2D eigenvalue weighted by Crippen LogP contribution is -2.52. The number of hydrogen-bond acceptors (Lipinski definition) is 7. The summed E-state index contributed by atoms with van der Waals surface area (Å²) in [6.07, 6.45) is -8.61. The van der Waals surface area contributed by atoms with Gasteiger partial charge in [-0.1, -0.05) is 0 Å². The first kappa shape index (κ1) is 23.5. The fourth-order valence-corrected chi connectivity index (χ4v) is 2.84. The largest absolute Gasteiger partial charge is 0.507 e. The van der Waals surface area contributed by atoms with Crippen molar-refractivity contribution in [3.8, 4) is 29.1 Å². The Balaban J connectivity index is 1.57. The number of amides is 1. The van der Waals surface area contributed by atoms with Gasteiger partial charge in [0.25, 0.3) is 0 Å². The quantitative estimate of drug-likeness (QED) is 0.292. The Labute approximate surface area is 191 Å². The van der Waals surface area contributed by atoms with Gasteiger partial charge < -0.3 is 14.2 Å². The molecule has 1 N–H and O–H groups in total. The van der Waals surface area contributed by atoms with E-state index in [-0.39, 0.29) is 23.5 Å². The number of fused-ring (bicyclic) bond motifs is 1. The molecule has 3 aromatic rings. The van der Waals surface area contributed by atoms with E-state index in [1.54, 1.807) is 6.07 Å². The highest BCUT2D eigenvalue weighted by Gasteiger charge is 2.66. The van der Waals surface area contributed by atoms with Crippen molar-refractivity contribution >= 4 is 17.8 Å². The SMILES string of the molecule is N#Cc1cc(Oc2cc(F)c(NN(C=O)c3ccc4c(c3)OC(F)(F)C(F)(F)O4)cc2F)ccn1. The molecule has 180 valence electrons. The highest BCUT2D eigenvalue weighted by Crippen LogP contribution is 2.47. The number of aromatic nitrogens is 1. The maximum atomic E-state index is 14.6. The van der Waals surface area contributed by atoms with E-state index in [1.165, 1.54) is 18.3 Å². The summed E-state index contributed by atoms with van der Waals surface area (Å²) >= 11 is 0. The third-order valence-corrected chi connectivity index (χ3v) is 4.46. The van der Waals surface area contributed by atoms with Gasteiger partial charge in [0.1, 0.15) is 17.5 Å². The minimum absolute atomic E-state index is 0.00346. The van der Waals surface area contributed by atoms with Gasteiger partial charge in [-0.25, -0.2) is 18.8 Å². The van der Waals surface area contributed by atoms with E-state index in [4.69, 9.17) is 10.00 Å². The van der Waals surface area contributed by atoms with Crippen LogP contribution >= 0.6 is 0 Å². The molecule has 1 aliphatic heterocycles. The van der Waals surface area contributed by atoms with Crippen LogP contribution in [0.25, 0.3) is 0 Å². The van der Waals surface area contributed by atoms with Gasteiger partial charge in [0.2, 0.25) is 6.41 Å². The van der Waals surface area contributed by atoms with Gasteiger partial charge in [0, 0.05) is 30.5 Å². The number of hydrogen-bond donors (Lipinski definition) is 1. The lowest BCUT2D eigenvalue weighted by Gasteiger charge is -2.32. The Morgan fingerprint density at radius 1 is 1.00 bits per heavy atom. The molecule has 0 radical (unpaired) electrons. The number of nitriles is 1. The maximum Gasteiger partial charge on any atom is 0.507 e. The molecule has 0 atom stereocenters. The number of hydrazine groups is 1. The van der Waals surface area contributed by atoms with E-state index >= 15 is 0 Å². The fraction of sp³-hybridized carbons (Fsp3) is 0.0952. The third kappa shape index (κ3) is 4.56. The molecule has 0 fully saturated rings. The van der Waals surface area contributed by atoms with Crippen LogP contribution in [-0.4, -0.2) is 23.6 Å². The van der Waals surface area contributed by atoms with E-state index in [9.17, 15) is 31.1 Å². The first-order valence-electron chi connectivity index (χ1n) is 9.35. The summed E-state index contributed by atoms with van der Waals surface area (Å²) in [5.41, 5.74) is 1.36. The van der Waals surface area contributed by atoms with Gasteiger partial charge in [-0.05, 0) is 18.2 Å². The smallest absolute Gasteiger partial charge is 0.454 e. The number of anilines is 2. The first-order chi connectivity index (χ1) is 16.5. The van der Waals surface area contributed by atoms with Crippen LogP contribution in [0.5, 0.6) is 23.0 Å². The second-order valence-electron chi connectivity index (χ2n) is 6.81. The predicted molar refractivity (Wildman–Crippen MR) is 105 cm³/mol. The summed E-state index contributed by atoms with van der Waals surface area (Å²) < 4.78 is 95.7. The van der Waals surface area contributed by atoms with Crippen LogP contribution in [0.15, 0.2) is 48.7 Å². The van der Waals surface area contributed by atoms with E-state index in [0.29, 0.717) is 17.1 Å². The Morgan fingerprint density at radius 2 is 1.71 bits per heavy atom. The van der Waals surface area contributed by atoms with Crippen molar-refractivity contribution in [1.29, 1.82) is 5.26 Å². The molecular weight excluding hydrogens is 486 g/mol. The summed E-state index contributed by atoms with van der Waals surface area (Å²) in [5, 5.41) is 9.40. The average molecular weight is 496 g/mol. The molecule has 0 saturated carbocycles. The molecular formula is C21H10F6N4O4. The van der Waals surface area contributed by atoms with Crippen LogP contribution in [0.2, 0.25) is 0 Å². The Bertz CT molecular complexity index is 1350. The Kier molecular flexibility index (Phi) is 5.77. The van der Waals surface area contributed by atoms with Gasteiger partial charge in [-0.2, -0.15) is 22.8 Å². The Morgan fingerprint density at radius 3 is 2.40 bits per heavy atom. The molecule has 2 aromatic carbocycles. The number of alkyl halides is 4. The van der Waals surface area contributed by atoms with Crippen LogP contribution in [0, 0.1) is 23.0 Å². The van der Waals surface area contributed by atoms with E-state index in [2.05, 4.69) is 19.9 Å². The minimum Gasteiger partial charge on any atom is -0.454 e. The number of halogens is 6. The van der Waals surface area contributed by atoms with Crippen LogP contribution in [0.4, 0.5) is 37.7 Å². The van der Waals surface area contributed by atoms with Gasteiger partial charge in [0.15, 0.2) is 28.9 Å². The van der Waals surface area contributed by atoms with Crippen LogP contribution in [0.3, 0.4) is 0 Å². The molecule has 0 spiro atoms. The summed E-state index contributed by atoms with van der Waals surface area (Å²) in [5.74, 6) is -4.26. The van der Waals surface area contributed by atoms with Crippen molar-refractivity contribution < 1.29 is 45.3 Å². The predicted octanol–water partition coefficient (Wildman–Crippen LogP) is 4.97. The summed E-state index contributed by atoms with van der Waals surface area (Å²) in [6.45, 7) is 0. The molecule has 2 heterocycles. The molecule has 1 amide bonds. The van der Waals surface area contributed by atoms with Crippen molar-refractivity contribution in [2.24, 2.45) is 0 Å². The minimum atomic E-state index is -4.99. The van der Waals surface area contributed by atoms with Gasteiger partial charge in [-0.3, -0.25) is 10.2 Å². The molecule has 35 heavy (non-hydrogen) atoms. The number of nitrogens with zero attached hydrogens (tertiary/aromatic N) is 3. The van der Waals surface area contributed by atoms with Crippen LogP contribution in [0.1, 0.15) is 5.69 Å². The monoisotopic (exact) mass is 496 g/mol. The normalized spacial score (nSPS) is 15.0. The Hall–Kier alpha value is -4.67. The zero-order valence-electron chi connectivity index (χ0n) is 16.9. The van der Waals surface area contributed by atoms with Crippen molar-refractivity contribution in [3.05, 3.63) is 66.0 Å². The van der Waals surface area contributed by atoms with Crippen LogP contribution in [-0.2, 0) is 4.79 Å². The highest BCUT2D eigenvalue weighted by molar-refractivity contribution is 5.80. The van der Waals surface area contributed by atoms with Crippen molar-refractivity contribution in [2.45, 2.75) is 12.2 Å². The van der Waals surface area contributed by atoms with E-state index < -0.39 is 46.8 Å². The number of ether oxygens (including phenoxy) is 3. The molecule has 0 aliphatic carbocycles. The van der Waals surface area contributed by atoms with Crippen molar-refractivity contribution in [3.63, 3.8) is 0 Å². The fourth-order valence-electron chi connectivity index (χ4n) is 2.84. The molecule has 0 bridgehead atoms. The summed E-state index contributed by atoms with van der Waals surface area (Å²) in [6, 6.07) is 8.13. The summed E-state index contributed by atoms with van der Waals surface area (Å²) in [7, 11) is 0. The number of carbonyl (C=O) groups is 1. The highest BCUT2D eigenvalue weighted by atomic mass is 19.3. The maximum absolute atomic E-state index is 14.6. The second-order valence-corrected chi connectivity index (χ2v) is 6.81.